The highest BCUT2D eigenvalue weighted by Gasteiger charge is 2.10. The lowest BCUT2D eigenvalue weighted by Crippen LogP contribution is -2.24. The second-order valence-electron chi connectivity index (χ2n) is 4.22. The molecule has 1 heterocycles. The van der Waals surface area contributed by atoms with Gasteiger partial charge in [-0.1, -0.05) is 29.8 Å². The Morgan fingerprint density at radius 1 is 1.24 bits per heavy atom. The van der Waals surface area contributed by atoms with Crippen LogP contribution in [0.5, 0.6) is 0 Å². The topological polar surface area (TPSA) is 102 Å². The summed E-state index contributed by atoms with van der Waals surface area (Å²) in [5, 5.41) is 7.90. The predicted octanol–water partition coefficient (Wildman–Crippen LogP) is 1.31. The lowest BCUT2D eigenvalue weighted by atomic mass is 10.2. The fraction of sp³-hybridized carbons (Fsp3) is 0.0769. The van der Waals surface area contributed by atoms with E-state index in [1.54, 1.807) is 24.3 Å². The summed E-state index contributed by atoms with van der Waals surface area (Å²) in [5.74, 6) is -0.404. The van der Waals surface area contributed by atoms with Crippen molar-refractivity contribution in [2.75, 3.05) is 0 Å². The van der Waals surface area contributed by atoms with Crippen LogP contribution in [0.4, 0.5) is 0 Å². The van der Waals surface area contributed by atoms with Crippen molar-refractivity contribution in [3.05, 3.63) is 58.9 Å². The maximum absolute atomic E-state index is 11.9. The monoisotopic (exact) mass is 325 g/mol. The van der Waals surface area contributed by atoms with Crippen molar-refractivity contribution in [1.29, 1.82) is 0 Å². The number of sulfonamides is 1. The summed E-state index contributed by atoms with van der Waals surface area (Å²) in [6, 6.07) is 10.7. The Morgan fingerprint density at radius 3 is 2.62 bits per heavy atom. The molecule has 0 aliphatic carbocycles. The molecule has 1 amide bonds. The second-order valence-corrected chi connectivity index (χ2v) is 6.17. The zero-order valence-electron chi connectivity index (χ0n) is 10.8. The number of nitrogens with two attached hydrogens (primary N) is 1. The van der Waals surface area contributed by atoms with E-state index in [2.05, 4.69) is 10.3 Å². The number of aromatic nitrogens is 1. The lowest BCUT2D eigenvalue weighted by Gasteiger charge is -2.06. The van der Waals surface area contributed by atoms with Crippen molar-refractivity contribution in [1.82, 2.24) is 10.3 Å². The van der Waals surface area contributed by atoms with Crippen LogP contribution in [0.1, 0.15) is 16.1 Å². The SMILES string of the molecule is NS(=O)(=O)c1cccc(CNC(=O)c2cccc(Cl)n2)c1. The largest absolute Gasteiger partial charge is 0.347 e. The Morgan fingerprint density at radius 2 is 1.95 bits per heavy atom. The van der Waals surface area contributed by atoms with Crippen molar-refractivity contribution in [2.24, 2.45) is 5.14 Å². The highest BCUT2D eigenvalue weighted by atomic mass is 35.5. The van der Waals surface area contributed by atoms with E-state index >= 15 is 0 Å². The Balaban J connectivity index is 2.08. The normalized spacial score (nSPS) is 11.1. The van der Waals surface area contributed by atoms with Gasteiger partial charge in [0.05, 0.1) is 4.90 Å². The minimum atomic E-state index is -3.76. The van der Waals surface area contributed by atoms with E-state index in [9.17, 15) is 13.2 Å². The summed E-state index contributed by atoms with van der Waals surface area (Å²) in [7, 11) is -3.76. The fourth-order valence-corrected chi connectivity index (χ4v) is 2.39. The Labute approximate surface area is 127 Å². The number of hydrogen-bond donors (Lipinski definition) is 2. The molecule has 0 spiro atoms. The average Bonchev–Trinajstić information content (AvgIpc) is 2.44. The van der Waals surface area contributed by atoms with Gasteiger partial charge in [-0.3, -0.25) is 4.79 Å². The van der Waals surface area contributed by atoms with Crippen LogP contribution >= 0.6 is 11.6 Å². The smallest absolute Gasteiger partial charge is 0.270 e. The first-order valence-corrected chi connectivity index (χ1v) is 7.81. The van der Waals surface area contributed by atoms with E-state index in [4.69, 9.17) is 16.7 Å². The van der Waals surface area contributed by atoms with E-state index in [0.29, 0.717) is 5.56 Å². The molecule has 1 aromatic carbocycles. The quantitative estimate of drug-likeness (QED) is 0.827. The highest BCUT2D eigenvalue weighted by molar-refractivity contribution is 7.89. The van der Waals surface area contributed by atoms with E-state index in [0.717, 1.165) is 0 Å². The number of primary sulfonamides is 1. The standard InChI is InChI=1S/C13H12ClN3O3S/c14-12-6-2-5-11(17-12)13(18)16-8-9-3-1-4-10(7-9)21(15,19)20/h1-7H,8H2,(H,16,18)(H2,15,19,20). The first-order chi connectivity index (χ1) is 9.86. The van der Waals surface area contributed by atoms with E-state index < -0.39 is 15.9 Å². The molecule has 8 heteroatoms. The molecule has 6 nitrogen and oxygen atoms in total. The summed E-state index contributed by atoms with van der Waals surface area (Å²) in [5.41, 5.74) is 0.794. The summed E-state index contributed by atoms with van der Waals surface area (Å²) >= 11 is 5.71. The zero-order chi connectivity index (χ0) is 15.5. The molecule has 0 aliphatic heterocycles. The van der Waals surface area contributed by atoms with Crippen molar-refractivity contribution >= 4 is 27.5 Å². The van der Waals surface area contributed by atoms with Crippen molar-refractivity contribution < 1.29 is 13.2 Å². The van der Waals surface area contributed by atoms with E-state index in [1.807, 2.05) is 0 Å². The second kappa shape index (κ2) is 6.21. The lowest BCUT2D eigenvalue weighted by molar-refractivity contribution is 0.0946. The molecule has 3 N–H and O–H groups in total. The van der Waals surface area contributed by atoms with Crippen molar-refractivity contribution in [3.8, 4) is 0 Å². The summed E-state index contributed by atoms with van der Waals surface area (Å²) in [6.07, 6.45) is 0. The molecular formula is C13H12ClN3O3S. The average molecular weight is 326 g/mol. The van der Waals surface area contributed by atoms with Gasteiger partial charge in [-0.05, 0) is 29.8 Å². The van der Waals surface area contributed by atoms with Gasteiger partial charge in [0.1, 0.15) is 10.8 Å². The van der Waals surface area contributed by atoms with Crippen LogP contribution in [-0.2, 0) is 16.6 Å². The Bertz CT molecular complexity index is 778. The third-order valence-electron chi connectivity index (χ3n) is 2.63. The maximum Gasteiger partial charge on any atom is 0.270 e. The number of carbonyl (C=O) groups excluding carboxylic acids is 1. The van der Waals surface area contributed by atoms with Crippen molar-refractivity contribution in [3.63, 3.8) is 0 Å². The third-order valence-corrected chi connectivity index (χ3v) is 3.75. The Hall–Kier alpha value is -1.96. The summed E-state index contributed by atoms with van der Waals surface area (Å²) in [6.45, 7) is 0.149. The molecule has 0 radical (unpaired) electrons. The summed E-state index contributed by atoms with van der Waals surface area (Å²) < 4.78 is 22.5. The van der Waals surface area contributed by atoms with Crippen LogP contribution < -0.4 is 10.5 Å². The van der Waals surface area contributed by atoms with Gasteiger partial charge in [0.25, 0.3) is 5.91 Å². The van der Waals surface area contributed by atoms with Gasteiger partial charge >= 0.3 is 0 Å². The zero-order valence-corrected chi connectivity index (χ0v) is 12.4. The molecule has 1 aromatic heterocycles. The maximum atomic E-state index is 11.9. The molecule has 2 aromatic rings. The first kappa shape index (κ1) is 15.4. The molecule has 0 saturated heterocycles. The van der Waals surface area contributed by atoms with E-state index in [1.165, 1.54) is 18.2 Å². The minimum Gasteiger partial charge on any atom is -0.347 e. The number of nitrogens with one attached hydrogen (secondary N) is 1. The van der Waals surface area contributed by atoms with Crippen LogP contribution in [0.2, 0.25) is 5.15 Å². The predicted molar refractivity (Wildman–Crippen MR) is 78.2 cm³/mol. The van der Waals surface area contributed by atoms with Crippen molar-refractivity contribution in [2.45, 2.75) is 11.4 Å². The number of hydrogen-bond acceptors (Lipinski definition) is 4. The van der Waals surface area contributed by atoms with Gasteiger partial charge in [-0.2, -0.15) is 0 Å². The molecule has 0 fully saturated rings. The number of carbonyl (C=O) groups is 1. The Kier molecular flexibility index (Phi) is 4.56. The molecule has 2 rings (SSSR count). The number of nitrogens with zero attached hydrogens (tertiary/aromatic N) is 1. The molecule has 110 valence electrons. The molecule has 0 atom stereocenters. The number of pyridine rings is 1. The van der Waals surface area contributed by atoms with Gasteiger partial charge in [0.2, 0.25) is 10.0 Å². The van der Waals surface area contributed by atoms with Crippen LogP contribution in [0.15, 0.2) is 47.4 Å². The summed E-state index contributed by atoms with van der Waals surface area (Å²) in [4.78, 5) is 15.8. The molecule has 0 aliphatic rings. The van der Waals surface area contributed by atoms with Gasteiger partial charge < -0.3 is 5.32 Å². The van der Waals surface area contributed by atoms with Gasteiger partial charge in [-0.15, -0.1) is 0 Å². The number of amides is 1. The molecular weight excluding hydrogens is 314 g/mol. The van der Waals surface area contributed by atoms with Crippen LogP contribution in [0, 0.1) is 0 Å². The molecule has 21 heavy (non-hydrogen) atoms. The number of rotatable bonds is 4. The highest BCUT2D eigenvalue weighted by Crippen LogP contribution is 2.10. The van der Waals surface area contributed by atoms with Crippen LogP contribution in [0.3, 0.4) is 0 Å². The molecule has 0 bridgehead atoms. The first-order valence-electron chi connectivity index (χ1n) is 5.89. The fourth-order valence-electron chi connectivity index (χ4n) is 1.64. The third kappa shape index (κ3) is 4.25. The van der Waals surface area contributed by atoms with Crippen LogP contribution in [0.25, 0.3) is 0 Å². The van der Waals surface area contributed by atoms with Gasteiger partial charge in [-0.25, -0.2) is 18.5 Å². The van der Waals surface area contributed by atoms with Gasteiger partial charge in [0, 0.05) is 6.54 Å². The van der Waals surface area contributed by atoms with E-state index in [-0.39, 0.29) is 22.3 Å². The van der Waals surface area contributed by atoms with Gasteiger partial charge in [0.15, 0.2) is 0 Å². The number of halogens is 1. The minimum absolute atomic E-state index is 0.00451. The van der Waals surface area contributed by atoms with Crippen LogP contribution in [-0.4, -0.2) is 19.3 Å². The molecule has 0 saturated carbocycles. The molecule has 0 unspecified atom stereocenters. The number of benzene rings is 1.